The molecular formula is C18H26N4O. The van der Waals surface area contributed by atoms with Crippen LogP contribution in [0.5, 0.6) is 0 Å². The van der Waals surface area contributed by atoms with E-state index in [9.17, 15) is 4.79 Å². The van der Waals surface area contributed by atoms with Gasteiger partial charge in [0.15, 0.2) is 0 Å². The molecule has 1 aromatic rings. The van der Waals surface area contributed by atoms with Crippen molar-refractivity contribution in [2.45, 2.75) is 57.4 Å². The molecule has 6 rings (SSSR count). The van der Waals surface area contributed by atoms with E-state index in [2.05, 4.69) is 15.2 Å². The largest absolute Gasteiger partial charge is 0.340 e. The summed E-state index contributed by atoms with van der Waals surface area (Å²) in [6, 6.07) is 0.317. The van der Waals surface area contributed by atoms with Crippen molar-refractivity contribution >= 4 is 5.91 Å². The van der Waals surface area contributed by atoms with Gasteiger partial charge in [0.1, 0.15) is 0 Å². The van der Waals surface area contributed by atoms with Crippen LogP contribution in [0.3, 0.4) is 0 Å². The number of aromatic nitrogens is 3. The molecule has 5 nitrogen and oxygen atoms in total. The molecular weight excluding hydrogens is 288 g/mol. The van der Waals surface area contributed by atoms with Crippen LogP contribution in [-0.2, 0) is 4.79 Å². The highest BCUT2D eigenvalue weighted by Crippen LogP contribution is 2.61. The number of likely N-dealkylation sites (tertiary alicyclic amines) is 1. The Balaban J connectivity index is 1.26. The lowest BCUT2D eigenvalue weighted by Gasteiger charge is -2.56. The van der Waals surface area contributed by atoms with Gasteiger partial charge in [-0.1, -0.05) is 5.21 Å². The molecule has 4 bridgehead atoms. The molecule has 23 heavy (non-hydrogen) atoms. The second-order valence-electron chi connectivity index (χ2n) is 8.76. The topological polar surface area (TPSA) is 51.0 Å². The molecule has 1 saturated heterocycles. The molecule has 1 amide bonds. The molecule has 1 aromatic heterocycles. The van der Waals surface area contributed by atoms with Crippen LogP contribution in [0.15, 0.2) is 12.4 Å². The molecule has 5 heteroatoms. The molecule has 4 aliphatic carbocycles. The highest BCUT2D eigenvalue weighted by atomic mass is 16.2. The van der Waals surface area contributed by atoms with Gasteiger partial charge in [-0.3, -0.25) is 4.79 Å². The van der Waals surface area contributed by atoms with E-state index in [0.29, 0.717) is 17.4 Å². The van der Waals surface area contributed by atoms with Gasteiger partial charge in [0.2, 0.25) is 5.91 Å². The molecule has 0 aromatic carbocycles. The van der Waals surface area contributed by atoms with Crippen molar-refractivity contribution in [1.82, 2.24) is 19.9 Å². The van der Waals surface area contributed by atoms with Crippen LogP contribution >= 0.6 is 0 Å². The maximum Gasteiger partial charge on any atom is 0.223 e. The van der Waals surface area contributed by atoms with Crippen molar-refractivity contribution in [3.05, 3.63) is 12.4 Å². The molecule has 1 atom stereocenters. The van der Waals surface area contributed by atoms with E-state index < -0.39 is 0 Å². The van der Waals surface area contributed by atoms with E-state index in [-0.39, 0.29) is 0 Å². The van der Waals surface area contributed by atoms with E-state index in [0.717, 1.165) is 43.7 Å². The average Bonchev–Trinajstić information content (AvgIpc) is 3.17. The summed E-state index contributed by atoms with van der Waals surface area (Å²) in [5.41, 5.74) is 0.358. The van der Waals surface area contributed by atoms with Crippen LogP contribution in [0.25, 0.3) is 0 Å². The zero-order valence-electron chi connectivity index (χ0n) is 13.7. The van der Waals surface area contributed by atoms with Crippen molar-refractivity contribution in [2.75, 3.05) is 13.1 Å². The lowest BCUT2D eigenvalue weighted by atomic mass is 9.49. The second kappa shape index (κ2) is 5.05. The van der Waals surface area contributed by atoms with Crippen LogP contribution in [0, 0.1) is 23.2 Å². The summed E-state index contributed by atoms with van der Waals surface area (Å²) < 4.78 is 1.91. The highest BCUT2D eigenvalue weighted by molar-refractivity contribution is 5.77. The SMILES string of the molecule is O=C(CC12CC3CC(CC(C3)C1)C2)N1CCC(n2ccnn2)C1. The first-order valence-corrected chi connectivity index (χ1v) is 9.33. The van der Waals surface area contributed by atoms with Crippen molar-refractivity contribution in [2.24, 2.45) is 23.2 Å². The fourth-order valence-corrected chi connectivity index (χ4v) is 6.54. The standard InChI is InChI=1S/C18H26N4O/c23-17(21-3-1-16(12-21)22-4-2-19-20-22)11-18-8-13-5-14(9-18)7-15(6-13)10-18/h2,4,13-16H,1,3,5-12H2. The normalized spacial score (nSPS) is 41.7. The van der Waals surface area contributed by atoms with Gasteiger partial charge < -0.3 is 4.90 Å². The van der Waals surface area contributed by atoms with Crippen LogP contribution in [-0.4, -0.2) is 38.9 Å². The molecule has 0 radical (unpaired) electrons. The van der Waals surface area contributed by atoms with E-state index in [1.165, 1.54) is 38.5 Å². The third-order valence-electron chi connectivity index (χ3n) is 7.02. The van der Waals surface area contributed by atoms with E-state index in [1.807, 2.05) is 10.9 Å². The minimum absolute atomic E-state index is 0.317. The number of carbonyl (C=O) groups excluding carboxylic acids is 1. The number of hydrogen-bond acceptors (Lipinski definition) is 3. The molecule has 1 unspecified atom stereocenters. The Morgan fingerprint density at radius 3 is 2.43 bits per heavy atom. The summed E-state index contributed by atoms with van der Waals surface area (Å²) in [5, 5.41) is 7.99. The third kappa shape index (κ3) is 2.39. The minimum Gasteiger partial charge on any atom is -0.340 e. The van der Waals surface area contributed by atoms with Gasteiger partial charge >= 0.3 is 0 Å². The lowest BCUT2D eigenvalue weighted by molar-refractivity contribution is -0.138. The van der Waals surface area contributed by atoms with Crippen LogP contribution < -0.4 is 0 Å². The minimum atomic E-state index is 0.317. The van der Waals surface area contributed by atoms with E-state index in [4.69, 9.17) is 0 Å². The number of carbonyl (C=O) groups is 1. The molecule has 0 spiro atoms. The number of rotatable bonds is 3. The van der Waals surface area contributed by atoms with Gasteiger partial charge in [0.25, 0.3) is 0 Å². The zero-order chi connectivity index (χ0) is 15.4. The summed E-state index contributed by atoms with van der Waals surface area (Å²) in [6.45, 7) is 1.70. The average molecular weight is 314 g/mol. The van der Waals surface area contributed by atoms with E-state index in [1.54, 1.807) is 6.20 Å². The maximum absolute atomic E-state index is 12.9. The summed E-state index contributed by atoms with van der Waals surface area (Å²) in [7, 11) is 0. The van der Waals surface area contributed by atoms with Crippen molar-refractivity contribution < 1.29 is 4.79 Å². The van der Waals surface area contributed by atoms with Crippen molar-refractivity contribution in [1.29, 1.82) is 0 Å². The predicted molar refractivity (Wildman–Crippen MR) is 85.5 cm³/mol. The van der Waals surface area contributed by atoms with Crippen LogP contribution in [0.4, 0.5) is 0 Å². The first-order valence-electron chi connectivity index (χ1n) is 9.33. The molecule has 4 saturated carbocycles. The van der Waals surface area contributed by atoms with Gasteiger partial charge in [-0.05, 0) is 68.1 Å². The Hall–Kier alpha value is -1.39. The first kappa shape index (κ1) is 14.0. The summed E-state index contributed by atoms with van der Waals surface area (Å²) in [4.78, 5) is 15.0. The Labute approximate surface area is 137 Å². The van der Waals surface area contributed by atoms with Crippen LogP contribution in [0.2, 0.25) is 0 Å². The van der Waals surface area contributed by atoms with Gasteiger partial charge in [0, 0.05) is 25.7 Å². The van der Waals surface area contributed by atoms with Crippen LogP contribution in [0.1, 0.15) is 57.4 Å². The quantitative estimate of drug-likeness (QED) is 0.862. The molecule has 2 heterocycles. The van der Waals surface area contributed by atoms with E-state index >= 15 is 0 Å². The Kier molecular flexibility index (Phi) is 3.07. The van der Waals surface area contributed by atoms with Crippen molar-refractivity contribution in [3.8, 4) is 0 Å². The van der Waals surface area contributed by atoms with Gasteiger partial charge in [-0.2, -0.15) is 0 Å². The fourth-order valence-electron chi connectivity index (χ4n) is 6.54. The number of hydrogen-bond donors (Lipinski definition) is 0. The Morgan fingerprint density at radius 1 is 1.13 bits per heavy atom. The molecule has 124 valence electrons. The Morgan fingerprint density at radius 2 is 1.83 bits per heavy atom. The maximum atomic E-state index is 12.9. The first-order chi connectivity index (χ1) is 11.2. The van der Waals surface area contributed by atoms with Gasteiger partial charge in [0.05, 0.1) is 12.2 Å². The summed E-state index contributed by atoms with van der Waals surface area (Å²) in [6.07, 6.45) is 13.8. The van der Waals surface area contributed by atoms with Gasteiger partial charge in [-0.15, -0.1) is 5.10 Å². The highest BCUT2D eigenvalue weighted by Gasteiger charge is 2.51. The smallest absolute Gasteiger partial charge is 0.223 e. The second-order valence-corrected chi connectivity index (χ2v) is 8.76. The summed E-state index contributed by atoms with van der Waals surface area (Å²) >= 11 is 0. The van der Waals surface area contributed by atoms with Gasteiger partial charge in [-0.25, -0.2) is 4.68 Å². The fraction of sp³-hybridized carbons (Fsp3) is 0.833. The zero-order valence-corrected chi connectivity index (χ0v) is 13.7. The number of nitrogens with zero attached hydrogens (tertiary/aromatic N) is 4. The predicted octanol–water partition coefficient (Wildman–Crippen LogP) is 2.66. The van der Waals surface area contributed by atoms with Crippen molar-refractivity contribution in [3.63, 3.8) is 0 Å². The Bertz CT molecular complexity index is 561. The number of amides is 1. The molecule has 5 fully saturated rings. The molecule has 5 aliphatic rings. The summed E-state index contributed by atoms with van der Waals surface area (Å²) in [5.74, 6) is 3.18. The molecule has 1 aliphatic heterocycles. The lowest BCUT2D eigenvalue weighted by Crippen LogP contribution is -2.48. The third-order valence-corrected chi connectivity index (χ3v) is 7.02. The molecule has 0 N–H and O–H groups in total. The monoisotopic (exact) mass is 314 g/mol.